The molecule has 0 saturated heterocycles. The van der Waals surface area contributed by atoms with Crippen LogP contribution in [-0.4, -0.2) is 0 Å². The van der Waals surface area contributed by atoms with Crippen molar-refractivity contribution in [1.82, 2.24) is 0 Å². The maximum atomic E-state index is 2.49. The van der Waals surface area contributed by atoms with E-state index >= 15 is 0 Å². The quantitative estimate of drug-likeness (QED) is 0.419. The van der Waals surface area contributed by atoms with Crippen molar-refractivity contribution >= 4 is 0 Å². The van der Waals surface area contributed by atoms with E-state index in [9.17, 15) is 0 Å². The Morgan fingerprint density at radius 1 is 0.875 bits per heavy atom. The van der Waals surface area contributed by atoms with E-state index in [4.69, 9.17) is 0 Å². The Bertz CT molecular complexity index is 155. The SMILES string of the molecule is CCCCCC(C)(C)C(CCCC)C(C)C. The van der Waals surface area contributed by atoms with Crippen molar-refractivity contribution in [2.24, 2.45) is 17.3 Å². The van der Waals surface area contributed by atoms with Crippen molar-refractivity contribution in [3.05, 3.63) is 0 Å². The van der Waals surface area contributed by atoms with Crippen molar-refractivity contribution in [1.29, 1.82) is 0 Å². The molecule has 0 amide bonds. The Hall–Kier alpha value is 0. The number of hydrogen-bond donors (Lipinski definition) is 0. The first-order valence-corrected chi connectivity index (χ1v) is 7.45. The van der Waals surface area contributed by atoms with Gasteiger partial charge in [-0.3, -0.25) is 0 Å². The van der Waals surface area contributed by atoms with Crippen molar-refractivity contribution < 1.29 is 0 Å². The van der Waals surface area contributed by atoms with Crippen LogP contribution in [0.4, 0.5) is 0 Å². The smallest absolute Gasteiger partial charge is 0.0323 e. The zero-order chi connectivity index (χ0) is 12.6. The van der Waals surface area contributed by atoms with Gasteiger partial charge in [0.25, 0.3) is 0 Å². The Labute approximate surface area is 104 Å². The molecule has 0 radical (unpaired) electrons. The molecule has 0 heterocycles. The minimum atomic E-state index is 0.540. The molecule has 0 aliphatic carbocycles. The lowest BCUT2D eigenvalue weighted by atomic mass is 9.68. The van der Waals surface area contributed by atoms with Crippen LogP contribution >= 0.6 is 0 Å². The zero-order valence-electron chi connectivity index (χ0n) is 12.6. The van der Waals surface area contributed by atoms with E-state index < -0.39 is 0 Å². The fraction of sp³-hybridized carbons (Fsp3) is 1.00. The van der Waals surface area contributed by atoms with E-state index in [1.165, 1.54) is 44.9 Å². The van der Waals surface area contributed by atoms with Crippen LogP contribution in [0.25, 0.3) is 0 Å². The molecule has 0 aromatic carbocycles. The average molecular weight is 226 g/mol. The van der Waals surface area contributed by atoms with Gasteiger partial charge in [-0.05, 0) is 30.1 Å². The van der Waals surface area contributed by atoms with E-state index in [-0.39, 0.29) is 0 Å². The van der Waals surface area contributed by atoms with Crippen LogP contribution in [0.3, 0.4) is 0 Å². The first-order valence-electron chi connectivity index (χ1n) is 7.45. The highest BCUT2D eigenvalue weighted by molar-refractivity contribution is 4.80. The number of unbranched alkanes of at least 4 members (excludes halogenated alkanes) is 3. The molecule has 0 nitrogen and oxygen atoms in total. The van der Waals surface area contributed by atoms with E-state index in [1.54, 1.807) is 0 Å². The van der Waals surface area contributed by atoms with Gasteiger partial charge in [-0.25, -0.2) is 0 Å². The molecule has 0 saturated carbocycles. The fourth-order valence-corrected chi connectivity index (χ4v) is 3.07. The molecule has 0 aliphatic rings. The van der Waals surface area contributed by atoms with Crippen LogP contribution in [0.15, 0.2) is 0 Å². The maximum Gasteiger partial charge on any atom is -0.0323 e. The molecule has 0 aliphatic heterocycles. The zero-order valence-corrected chi connectivity index (χ0v) is 12.6. The monoisotopic (exact) mass is 226 g/mol. The second-order valence-electron chi connectivity index (χ2n) is 6.44. The summed E-state index contributed by atoms with van der Waals surface area (Å²) in [6.45, 7) is 14.4. The molecule has 0 rings (SSSR count). The normalized spacial score (nSPS) is 14.4. The Kier molecular flexibility index (Phi) is 8.14. The first kappa shape index (κ1) is 16.0. The average Bonchev–Trinajstić information content (AvgIpc) is 2.17. The van der Waals surface area contributed by atoms with Gasteiger partial charge < -0.3 is 0 Å². The predicted molar refractivity (Wildman–Crippen MR) is 75.8 cm³/mol. The summed E-state index contributed by atoms with van der Waals surface area (Å²) >= 11 is 0. The summed E-state index contributed by atoms with van der Waals surface area (Å²) < 4.78 is 0. The first-order chi connectivity index (χ1) is 7.45. The van der Waals surface area contributed by atoms with Crippen LogP contribution in [0.5, 0.6) is 0 Å². The summed E-state index contributed by atoms with van der Waals surface area (Å²) in [6.07, 6.45) is 9.74. The van der Waals surface area contributed by atoms with Gasteiger partial charge in [0.1, 0.15) is 0 Å². The molecule has 0 fully saturated rings. The number of hydrogen-bond acceptors (Lipinski definition) is 0. The number of rotatable bonds is 9. The highest BCUT2D eigenvalue weighted by Gasteiger charge is 2.30. The Morgan fingerprint density at radius 3 is 1.88 bits per heavy atom. The van der Waals surface area contributed by atoms with E-state index in [2.05, 4.69) is 41.5 Å². The third-order valence-electron chi connectivity index (χ3n) is 4.10. The van der Waals surface area contributed by atoms with Crippen molar-refractivity contribution in [3.8, 4) is 0 Å². The minimum absolute atomic E-state index is 0.540. The van der Waals surface area contributed by atoms with Gasteiger partial charge >= 0.3 is 0 Å². The molecular weight excluding hydrogens is 192 g/mol. The maximum absolute atomic E-state index is 2.49. The van der Waals surface area contributed by atoms with Crippen molar-refractivity contribution in [3.63, 3.8) is 0 Å². The highest BCUT2D eigenvalue weighted by atomic mass is 14.4. The molecular formula is C16H34. The molecule has 0 spiro atoms. The second kappa shape index (κ2) is 8.14. The van der Waals surface area contributed by atoms with Gasteiger partial charge in [-0.15, -0.1) is 0 Å². The van der Waals surface area contributed by atoms with Gasteiger partial charge in [0.05, 0.1) is 0 Å². The largest absolute Gasteiger partial charge is 0.0654 e. The molecule has 1 unspecified atom stereocenters. The lowest BCUT2D eigenvalue weighted by Gasteiger charge is -2.37. The van der Waals surface area contributed by atoms with E-state index in [0.717, 1.165) is 11.8 Å². The molecule has 1 atom stereocenters. The standard InChI is InChI=1S/C16H34/c1-7-9-11-13-16(5,6)15(14(3)4)12-10-8-2/h14-15H,7-13H2,1-6H3. The highest BCUT2D eigenvalue weighted by Crippen LogP contribution is 2.40. The van der Waals surface area contributed by atoms with Crippen molar-refractivity contribution in [2.45, 2.75) is 86.5 Å². The van der Waals surface area contributed by atoms with Crippen LogP contribution in [0, 0.1) is 17.3 Å². The predicted octanol–water partition coefficient (Wildman–Crippen LogP) is 6.06. The molecule has 0 heteroatoms. The minimum Gasteiger partial charge on any atom is -0.0654 e. The van der Waals surface area contributed by atoms with Crippen molar-refractivity contribution in [2.75, 3.05) is 0 Å². The summed E-state index contributed by atoms with van der Waals surface area (Å²) in [7, 11) is 0. The Balaban J connectivity index is 4.25. The molecule has 98 valence electrons. The topological polar surface area (TPSA) is 0 Å². The van der Waals surface area contributed by atoms with E-state index in [0.29, 0.717) is 5.41 Å². The lowest BCUT2D eigenvalue weighted by Crippen LogP contribution is -2.28. The Morgan fingerprint density at radius 2 is 1.44 bits per heavy atom. The third kappa shape index (κ3) is 5.92. The second-order valence-corrected chi connectivity index (χ2v) is 6.44. The lowest BCUT2D eigenvalue weighted by molar-refractivity contribution is 0.126. The third-order valence-corrected chi connectivity index (χ3v) is 4.10. The molecule has 0 N–H and O–H groups in total. The summed E-state index contributed by atoms with van der Waals surface area (Å²) in [4.78, 5) is 0. The van der Waals surface area contributed by atoms with Gasteiger partial charge in [0.2, 0.25) is 0 Å². The molecule has 0 aromatic heterocycles. The van der Waals surface area contributed by atoms with Crippen LogP contribution in [0.1, 0.15) is 86.5 Å². The fourth-order valence-electron chi connectivity index (χ4n) is 3.07. The van der Waals surface area contributed by atoms with Gasteiger partial charge in [0.15, 0.2) is 0 Å². The van der Waals surface area contributed by atoms with Crippen LogP contribution < -0.4 is 0 Å². The van der Waals surface area contributed by atoms with E-state index in [1.807, 2.05) is 0 Å². The van der Waals surface area contributed by atoms with Crippen LogP contribution in [0.2, 0.25) is 0 Å². The molecule has 0 aromatic rings. The summed E-state index contributed by atoms with van der Waals surface area (Å²) in [5.41, 5.74) is 0.540. The summed E-state index contributed by atoms with van der Waals surface area (Å²) in [6, 6.07) is 0. The summed E-state index contributed by atoms with van der Waals surface area (Å²) in [5.74, 6) is 1.74. The van der Waals surface area contributed by atoms with Gasteiger partial charge in [0, 0.05) is 0 Å². The van der Waals surface area contributed by atoms with Crippen LogP contribution in [-0.2, 0) is 0 Å². The summed E-state index contributed by atoms with van der Waals surface area (Å²) in [5, 5.41) is 0. The molecule has 0 bridgehead atoms. The van der Waals surface area contributed by atoms with Gasteiger partial charge in [-0.1, -0.05) is 73.6 Å². The van der Waals surface area contributed by atoms with Gasteiger partial charge in [-0.2, -0.15) is 0 Å². The molecule has 16 heavy (non-hydrogen) atoms.